The second-order valence-corrected chi connectivity index (χ2v) is 8.79. The van der Waals surface area contributed by atoms with Crippen LogP contribution >= 0.6 is 0 Å². The number of phenolic OH excluding ortho intramolecular Hbond substituents is 1. The number of H-pyrrole nitrogens is 1. The Morgan fingerprint density at radius 3 is 2.31 bits per heavy atom. The average Bonchev–Trinajstić information content (AvgIpc) is 3.27. The first-order valence-corrected chi connectivity index (χ1v) is 11.9. The zero-order valence-corrected chi connectivity index (χ0v) is 19.9. The van der Waals surface area contributed by atoms with Gasteiger partial charge in [0.15, 0.2) is 0 Å². The van der Waals surface area contributed by atoms with Crippen LogP contribution in [-0.4, -0.2) is 57.7 Å². The third-order valence-corrected chi connectivity index (χ3v) is 6.02. The molecule has 192 valence electrons. The Morgan fingerprint density at radius 2 is 1.61 bits per heavy atom. The summed E-state index contributed by atoms with van der Waals surface area (Å²) in [5.41, 5.74) is 14.0. The highest BCUT2D eigenvalue weighted by molar-refractivity contribution is 5.92. The zero-order valence-electron chi connectivity index (χ0n) is 19.9. The van der Waals surface area contributed by atoms with Gasteiger partial charge in [0.05, 0.1) is 6.04 Å². The summed E-state index contributed by atoms with van der Waals surface area (Å²) in [6, 6.07) is 10.8. The summed E-state index contributed by atoms with van der Waals surface area (Å²) < 4.78 is 0. The maximum absolute atomic E-state index is 13.1. The third kappa shape index (κ3) is 7.30. The molecule has 3 unspecified atom stereocenters. The summed E-state index contributed by atoms with van der Waals surface area (Å²) in [7, 11) is 0. The van der Waals surface area contributed by atoms with E-state index in [-0.39, 0.29) is 18.6 Å². The van der Waals surface area contributed by atoms with E-state index < -0.39 is 35.9 Å². The largest absolute Gasteiger partial charge is 0.508 e. The fourth-order valence-corrected chi connectivity index (χ4v) is 4.01. The number of carboxylic acids is 1. The van der Waals surface area contributed by atoms with Crippen LogP contribution in [0.1, 0.15) is 30.4 Å². The number of benzene rings is 2. The van der Waals surface area contributed by atoms with Crippen molar-refractivity contribution in [2.75, 3.05) is 6.54 Å². The van der Waals surface area contributed by atoms with Gasteiger partial charge in [0, 0.05) is 23.5 Å². The van der Waals surface area contributed by atoms with E-state index >= 15 is 0 Å². The van der Waals surface area contributed by atoms with Gasteiger partial charge in [0.2, 0.25) is 11.8 Å². The van der Waals surface area contributed by atoms with E-state index in [0.717, 1.165) is 22.0 Å². The summed E-state index contributed by atoms with van der Waals surface area (Å²) in [6.45, 7) is 0.432. The number of para-hydroxylation sites is 1. The number of phenols is 1. The molecular formula is C26H33N5O5. The van der Waals surface area contributed by atoms with E-state index in [1.54, 1.807) is 18.3 Å². The number of nitrogens with two attached hydrogens (primary N) is 2. The molecule has 2 aromatic carbocycles. The van der Waals surface area contributed by atoms with Gasteiger partial charge >= 0.3 is 5.97 Å². The molecule has 3 rings (SSSR count). The van der Waals surface area contributed by atoms with E-state index in [2.05, 4.69) is 15.6 Å². The van der Waals surface area contributed by atoms with Gasteiger partial charge in [-0.3, -0.25) is 9.59 Å². The fourth-order valence-electron chi connectivity index (χ4n) is 4.01. The van der Waals surface area contributed by atoms with Gasteiger partial charge in [-0.05, 0) is 61.6 Å². The Kier molecular flexibility index (Phi) is 9.43. The molecule has 10 heteroatoms. The van der Waals surface area contributed by atoms with Crippen LogP contribution in [0.15, 0.2) is 54.7 Å². The van der Waals surface area contributed by atoms with Crippen molar-refractivity contribution in [3.63, 3.8) is 0 Å². The van der Waals surface area contributed by atoms with Crippen LogP contribution in [0.25, 0.3) is 10.9 Å². The van der Waals surface area contributed by atoms with Gasteiger partial charge in [-0.1, -0.05) is 30.3 Å². The SMILES string of the molecule is NCCCCC(NC(=O)C(N)Cc1ccc(O)cc1)C(=O)NC(Cc1c[nH]c2ccccc12)C(=O)O. The average molecular weight is 496 g/mol. The molecule has 36 heavy (non-hydrogen) atoms. The lowest BCUT2D eigenvalue weighted by Crippen LogP contribution is -2.55. The number of carbonyl (C=O) groups excluding carboxylic acids is 2. The number of nitrogens with one attached hydrogen (secondary N) is 3. The van der Waals surface area contributed by atoms with Crippen molar-refractivity contribution in [3.05, 3.63) is 65.9 Å². The molecule has 3 aromatic rings. The van der Waals surface area contributed by atoms with Crippen molar-refractivity contribution in [3.8, 4) is 5.75 Å². The highest BCUT2D eigenvalue weighted by atomic mass is 16.4. The summed E-state index contributed by atoms with van der Waals surface area (Å²) in [5, 5.41) is 25.3. The molecule has 9 N–H and O–H groups in total. The molecule has 10 nitrogen and oxygen atoms in total. The lowest BCUT2D eigenvalue weighted by atomic mass is 10.0. The minimum Gasteiger partial charge on any atom is -0.508 e. The van der Waals surface area contributed by atoms with E-state index in [9.17, 15) is 24.6 Å². The summed E-state index contributed by atoms with van der Waals surface area (Å²) in [6.07, 6.45) is 3.53. The first kappa shape index (κ1) is 26.7. The molecule has 0 saturated carbocycles. The Hall–Kier alpha value is -3.89. The van der Waals surface area contributed by atoms with Crippen molar-refractivity contribution < 1.29 is 24.6 Å². The van der Waals surface area contributed by atoms with Crippen molar-refractivity contribution in [2.45, 2.75) is 50.2 Å². The van der Waals surface area contributed by atoms with Crippen LogP contribution in [0.2, 0.25) is 0 Å². The number of aromatic hydroxyl groups is 1. The fraction of sp³-hybridized carbons (Fsp3) is 0.346. The minimum absolute atomic E-state index is 0.0783. The van der Waals surface area contributed by atoms with Crippen LogP contribution < -0.4 is 22.1 Å². The van der Waals surface area contributed by atoms with Crippen molar-refractivity contribution in [2.24, 2.45) is 11.5 Å². The number of rotatable bonds is 13. The lowest BCUT2D eigenvalue weighted by molar-refractivity contribution is -0.142. The Labute approximate surface area is 209 Å². The Morgan fingerprint density at radius 1 is 0.917 bits per heavy atom. The number of hydrogen-bond donors (Lipinski definition) is 7. The van der Waals surface area contributed by atoms with Crippen LogP contribution in [0.5, 0.6) is 5.75 Å². The number of unbranched alkanes of at least 4 members (excludes halogenated alkanes) is 1. The predicted molar refractivity (Wildman–Crippen MR) is 136 cm³/mol. The molecule has 0 aliphatic carbocycles. The molecule has 0 saturated heterocycles. The predicted octanol–water partition coefficient (Wildman–Crippen LogP) is 1.17. The molecule has 1 aromatic heterocycles. The van der Waals surface area contributed by atoms with Gasteiger partial charge in [0.25, 0.3) is 0 Å². The molecule has 0 fully saturated rings. The number of amides is 2. The normalized spacial score (nSPS) is 13.6. The second kappa shape index (κ2) is 12.7. The van der Waals surface area contributed by atoms with Crippen LogP contribution in [0.3, 0.4) is 0 Å². The molecule has 0 aliphatic heterocycles. The number of carbonyl (C=O) groups is 3. The van der Waals surface area contributed by atoms with Gasteiger partial charge in [-0.25, -0.2) is 4.79 Å². The third-order valence-electron chi connectivity index (χ3n) is 6.02. The summed E-state index contributed by atoms with van der Waals surface area (Å²) in [5.74, 6) is -2.19. The smallest absolute Gasteiger partial charge is 0.326 e. The Bertz CT molecular complexity index is 1180. The maximum Gasteiger partial charge on any atom is 0.326 e. The molecule has 0 aliphatic rings. The lowest BCUT2D eigenvalue weighted by Gasteiger charge is -2.23. The van der Waals surface area contributed by atoms with Gasteiger partial charge in [-0.2, -0.15) is 0 Å². The second-order valence-electron chi connectivity index (χ2n) is 8.79. The summed E-state index contributed by atoms with van der Waals surface area (Å²) in [4.78, 5) is 40.9. The minimum atomic E-state index is -1.18. The van der Waals surface area contributed by atoms with Crippen LogP contribution in [-0.2, 0) is 27.2 Å². The van der Waals surface area contributed by atoms with E-state index in [0.29, 0.717) is 25.8 Å². The summed E-state index contributed by atoms with van der Waals surface area (Å²) >= 11 is 0. The van der Waals surface area contributed by atoms with E-state index in [1.165, 1.54) is 12.1 Å². The van der Waals surface area contributed by atoms with Crippen molar-refractivity contribution >= 4 is 28.7 Å². The molecule has 1 heterocycles. The maximum atomic E-state index is 13.1. The van der Waals surface area contributed by atoms with Gasteiger partial charge < -0.3 is 37.3 Å². The highest BCUT2D eigenvalue weighted by Gasteiger charge is 2.28. The standard InChI is InChI=1S/C26H33N5O5/c27-12-4-3-7-22(30-24(33)20(28)13-16-8-10-18(32)11-9-16)25(34)31-23(26(35)36)14-17-15-29-21-6-2-1-5-19(17)21/h1-2,5-6,8-11,15,20,22-23,29,32H,3-4,7,12-14,27-28H2,(H,30,33)(H,31,34)(H,35,36). The molecule has 3 atom stereocenters. The van der Waals surface area contributed by atoms with E-state index in [4.69, 9.17) is 11.5 Å². The molecular weight excluding hydrogens is 462 g/mol. The monoisotopic (exact) mass is 495 g/mol. The molecule has 0 spiro atoms. The van der Waals surface area contributed by atoms with E-state index in [1.807, 2.05) is 24.3 Å². The number of hydrogen-bond acceptors (Lipinski definition) is 6. The van der Waals surface area contributed by atoms with Crippen molar-refractivity contribution in [1.29, 1.82) is 0 Å². The van der Waals surface area contributed by atoms with Gasteiger partial charge in [-0.15, -0.1) is 0 Å². The molecule has 0 radical (unpaired) electrons. The quantitative estimate of drug-likeness (QED) is 0.174. The zero-order chi connectivity index (χ0) is 26.1. The van der Waals surface area contributed by atoms with Crippen LogP contribution in [0.4, 0.5) is 0 Å². The number of aromatic nitrogens is 1. The number of carboxylic acid groups (broad SMARTS) is 1. The first-order chi connectivity index (χ1) is 17.3. The highest BCUT2D eigenvalue weighted by Crippen LogP contribution is 2.19. The number of fused-ring (bicyclic) bond motifs is 1. The van der Waals surface area contributed by atoms with Gasteiger partial charge in [0.1, 0.15) is 17.8 Å². The topological polar surface area (TPSA) is 184 Å². The first-order valence-electron chi connectivity index (χ1n) is 11.9. The number of aromatic amines is 1. The van der Waals surface area contributed by atoms with Crippen molar-refractivity contribution in [1.82, 2.24) is 15.6 Å². The number of aliphatic carboxylic acids is 1. The molecule has 2 amide bonds. The molecule has 0 bridgehead atoms. The Balaban J connectivity index is 1.67. The van der Waals surface area contributed by atoms with Crippen LogP contribution in [0, 0.1) is 0 Å².